The molecule has 1 unspecified atom stereocenters. The number of amides is 1. The number of benzene rings is 3. The number of hydrogen-bond donors (Lipinski definition) is 1. The molecule has 1 aliphatic carbocycles. The number of rotatable bonds is 7. The molecule has 0 radical (unpaired) electrons. The van der Waals surface area contributed by atoms with Crippen LogP contribution in [0.25, 0.3) is 10.1 Å². The van der Waals surface area contributed by atoms with Crippen molar-refractivity contribution in [3.05, 3.63) is 98.3 Å². The minimum atomic E-state index is -2.14. The van der Waals surface area contributed by atoms with E-state index in [1.54, 1.807) is 6.07 Å². The van der Waals surface area contributed by atoms with Crippen LogP contribution in [-0.4, -0.2) is 20.4 Å². The molecule has 5 rings (SSSR count). The Morgan fingerprint density at radius 2 is 1.72 bits per heavy atom. The first-order valence-electron chi connectivity index (χ1n) is 11.5. The average Bonchev–Trinajstić information content (AvgIpc) is 3.50. The van der Waals surface area contributed by atoms with Crippen molar-refractivity contribution in [1.29, 1.82) is 0 Å². The number of thiophene rings is 1. The van der Waals surface area contributed by atoms with Gasteiger partial charge in [0, 0.05) is 37.0 Å². The number of fused-ring (bicyclic) bond motifs is 1. The highest BCUT2D eigenvalue weighted by atomic mass is 35.5. The lowest BCUT2D eigenvalue weighted by Gasteiger charge is -2.26. The van der Waals surface area contributed by atoms with Crippen LogP contribution >= 0.6 is 34.5 Å². The predicted octanol–water partition coefficient (Wildman–Crippen LogP) is 7.70. The number of carbonyl (C=O) groups excluding carboxylic acids is 1. The summed E-state index contributed by atoms with van der Waals surface area (Å²) >= 11 is 11.8. The molecule has 4 aromatic rings. The summed E-state index contributed by atoms with van der Waals surface area (Å²) in [4.78, 5) is 13.7. The highest BCUT2D eigenvalue weighted by molar-refractivity contribution is 7.79. The van der Waals surface area contributed by atoms with Crippen molar-refractivity contribution in [3.8, 4) is 0 Å². The molecule has 1 fully saturated rings. The minimum absolute atomic E-state index is 0.0323. The van der Waals surface area contributed by atoms with E-state index in [4.69, 9.17) is 23.2 Å². The van der Waals surface area contributed by atoms with Crippen molar-refractivity contribution in [2.45, 2.75) is 37.5 Å². The van der Waals surface area contributed by atoms with E-state index in [1.165, 1.54) is 16.9 Å². The highest BCUT2D eigenvalue weighted by Gasteiger charge is 2.46. The van der Waals surface area contributed by atoms with Crippen LogP contribution in [0.15, 0.2) is 66.7 Å². The molecule has 0 saturated heterocycles. The number of anilines is 1. The SMILES string of the molecule is CC(C)(CS(=O)[O-])c1ccc2sc(C(=O)Nc3cc(Cl)cc(C4(c5ccc(Cl)cc5)CC4)c3)cc2c1. The molecule has 4 nitrogen and oxygen atoms in total. The van der Waals surface area contributed by atoms with Crippen LogP contribution in [0.2, 0.25) is 10.0 Å². The van der Waals surface area contributed by atoms with E-state index in [-0.39, 0.29) is 17.1 Å². The molecule has 1 aromatic heterocycles. The maximum atomic E-state index is 13.2. The van der Waals surface area contributed by atoms with Gasteiger partial charge in [0.25, 0.3) is 5.91 Å². The Balaban J connectivity index is 1.40. The van der Waals surface area contributed by atoms with Gasteiger partial charge in [-0.3, -0.25) is 9.00 Å². The third kappa shape index (κ3) is 5.11. The summed E-state index contributed by atoms with van der Waals surface area (Å²) in [5, 5.41) is 5.20. The molecule has 1 saturated carbocycles. The van der Waals surface area contributed by atoms with E-state index in [0.717, 1.165) is 34.1 Å². The normalized spacial score (nSPS) is 15.6. The molecule has 1 heterocycles. The van der Waals surface area contributed by atoms with Gasteiger partial charge in [-0.2, -0.15) is 0 Å². The van der Waals surface area contributed by atoms with E-state index in [9.17, 15) is 13.6 Å². The Kier molecular flexibility index (Phi) is 6.77. The molecule has 3 aromatic carbocycles. The van der Waals surface area contributed by atoms with Crippen molar-refractivity contribution in [2.24, 2.45) is 0 Å². The lowest BCUT2D eigenvalue weighted by atomic mass is 9.86. The van der Waals surface area contributed by atoms with Gasteiger partial charge in [-0.1, -0.05) is 66.3 Å². The second kappa shape index (κ2) is 9.58. The summed E-state index contributed by atoms with van der Waals surface area (Å²) in [7, 11) is 0. The minimum Gasteiger partial charge on any atom is -0.772 e. The quantitative estimate of drug-likeness (QED) is 0.237. The van der Waals surface area contributed by atoms with Gasteiger partial charge < -0.3 is 9.87 Å². The molecule has 186 valence electrons. The lowest BCUT2D eigenvalue weighted by molar-refractivity contribution is 0.103. The molecule has 0 bridgehead atoms. The summed E-state index contributed by atoms with van der Waals surface area (Å²) in [5.41, 5.74) is 3.21. The van der Waals surface area contributed by atoms with Crippen LogP contribution < -0.4 is 5.32 Å². The summed E-state index contributed by atoms with van der Waals surface area (Å²) in [6.07, 6.45) is 2.02. The Morgan fingerprint density at radius 3 is 2.39 bits per heavy atom. The van der Waals surface area contributed by atoms with E-state index >= 15 is 0 Å². The molecule has 1 N–H and O–H groups in total. The zero-order chi connectivity index (χ0) is 25.7. The van der Waals surface area contributed by atoms with Crippen molar-refractivity contribution in [2.75, 3.05) is 11.1 Å². The Morgan fingerprint density at radius 1 is 1.00 bits per heavy atom. The second-order valence-electron chi connectivity index (χ2n) is 9.97. The molecule has 1 amide bonds. The van der Waals surface area contributed by atoms with Gasteiger partial charge in [0.2, 0.25) is 0 Å². The molecule has 0 aliphatic heterocycles. The predicted molar refractivity (Wildman–Crippen MR) is 150 cm³/mol. The summed E-state index contributed by atoms with van der Waals surface area (Å²) < 4.78 is 23.5. The monoisotopic (exact) mass is 556 g/mol. The fraction of sp³-hybridized carbons (Fsp3) is 0.250. The van der Waals surface area contributed by atoms with Crippen molar-refractivity contribution < 1.29 is 13.6 Å². The Bertz CT molecular complexity index is 1490. The average molecular weight is 558 g/mol. The third-order valence-corrected chi connectivity index (χ3v) is 9.40. The number of hydrogen-bond acceptors (Lipinski definition) is 4. The molecule has 1 atom stereocenters. The number of carbonyl (C=O) groups is 1. The molecular formula is C28H24Cl2NO3S2-. The van der Waals surface area contributed by atoms with Crippen LogP contribution in [0.4, 0.5) is 5.69 Å². The fourth-order valence-electron chi connectivity index (χ4n) is 4.72. The van der Waals surface area contributed by atoms with Gasteiger partial charge in [0.15, 0.2) is 0 Å². The van der Waals surface area contributed by atoms with Crippen LogP contribution in [0, 0.1) is 0 Å². The first-order valence-corrected chi connectivity index (χ1v) is 14.4. The van der Waals surface area contributed by atoms with Crippen molar-refractivity contribution in [3.63, 3.8) is 0 Å². The van der Waals surface area contributed by atoms with Gasteiger partial charge in [-0.25, -0.2) is 0 Å². The number of nitrogens with one attached hydrogen (secondary N) is 1. The maximum Gasteiger partial charge on any atom is 0.265 e. The van der Waals surface area contributed by atoms with Crippen molar-refractivity contribution >= 4 is 67.3 Å². The van der Waals surface area contributed by atoms with Crippen LogP contribution in [0.5, 0.6) is 0 Å². The van der Waals surface area contributed by atoms with Crippen molar-refractivity contribution in [1.82, 2.24) is 0 Å². The zero-order valence-corrected chi connectivity index (χ0v) is 22.9. The first-order chi connectivity index (χ1) is 17.1. The summed E-state index contributed by atoms with van der Waals surface area (Å²) in [6, 6.07) is 21.3. The molecule has 1 aliphatic rings. The fourth-order valence-corrected chi connectivity index (χ4v) is 6.78. The van der Waals surface area contributed by atoms with Crippen LogP contribution in [-0.2, 0) is 21.9 Å². The lowest BCUT2D eigenvalue weighted by Crippen LogP contribution is -2.25. The van der Waals surface area contributed by atoms with Crippen LogP contribution in [0.3, 0.4) is 0 Å². The second-order valence-corrected chi connectivity index (χ2v) is 12.8. The molecule has 36 heavy (non-hydrogen) atoms. The van der Waals surface area contributed by atoms with E-state index in [2.05, 4.69) is 17.4 Å². The van der Waals surface area contributed by atoms with E-state index in [0.29, 0.717) is 20.6 Å². The standard InChI is InChI=1S/C28H25Cl2NO3S2/c1-27(2,16-36(33)34)19-5-8-24-17(11-19)12-25(35-24)26(32)31-23-14-20(13-22(30)15-23)28(9-10-28)18-3-6-21(29)7-4-18/h3-8,11-15H,9-10,16H2,1-2H3,(H,31,32)(H,33,34)/p-1. The smallest absolute Gasteiger partial charge is 0.265 e. The molecule has 8 heteroatoms. The Labute approximate surface area is 226 Å². The van der Waals surface area contributed by atoms with Crippen LogP contribution in [0.1, 0.15) is 53.1 Å². The molecular weight excluding hydrogens is 533 g/mol. The largest absolute Gasteiger partial charge is 0.772 e. The van der Waals surface area contributed by atoms with Gasteiger partial charge in [-0.05, 0) is 83.4 Å². The van der Waals surface area contributed by atoms with Gasteiger partial charge in [0.05, 0.1) is 4.88 Å². The van der Waals surface area contributed by atoms with Gasteiger partial charge in [-0.15, -0.1) is 11.3 Å². The topological polar surface area (TPSA) is 69.2 Å². The van der Waals surface area contributed by atoms with Gasteiger partial charge in [0.1, 0.15) is 0 Å². The van der Waals surface area contributed by atoms with E-state index in [1.807, 2.05) is 62.4 Å². The Hall–Kier alpha value is -2.22. The summed E-state index contributed by atoms with van der Waals surface area (Å²) in [6.45, 7) is 3.80. The van der Waals surface area contributed by atoms with E-state index < -0.39 is 16.5 Å². The maximum absolute atomic E-state index is 13.2. The number of halogens is 2. The summed E-state index contributed by atoms with van der Waals surface area (Å²) in [5.74, 6) is -0.174. The molecule has 0 spiro atoms. The first kappa shape index (κ1) is 25.4. The van der Waals surface area contributed by atoms with Gasteiger partial charge >= 0.3 is 0 Å². The zero-order valence-electron chi connectivity index (χ0n) is 19.8. The third-order valence-electron chi connectivity index (χ3n) is 6.86. The highest BCUT2D eigenvalue weighted by Crippen LogP contribution is 2.54.